The summed E-state index contributed by atoms with van der Waals surface area (Å²) in [5.41, 5.74) is 7.22. The molecule has 0 atom stereocenters. The number of amides is 1. The molecule has 0 saturated carbocycles. The van der Waals surface area contributed by atoms with Crippen molar-refractivity contribution in [2.45, 2.75) is 18.9 Å². The number of nitrogens with one attached hydrogen (secondary N) is 2. The van der Waals surface area contributed by atoms with Crippen LogP contribution < -0.4 is 16.4 Å². The number of anilines is 3. The summed E-state index contributed by atoms with van der Waals surface area (Å²) in [5.74, 6) is 0.282. The van der Waals surface area contributed by atoms with Crippen molar-refractivity contribution in [3.63, 3.8) is 0 Å². The van der Waals surface area contributed by atoms with Crippen LogP contribution in [-0.4, -0.2) is 40.1 Å². The van der Waals surface area contributed by atoms with Crippen molar-refractivity contribution in [3.05, 3.63) is 48.4 Å². The predicted octanol–water partition coefficient (Wildman–Crippen LogP) is 2.46. The van der Waals surface area contributed by atoms with Crippen LogP contribution in [0.25, 0.3) is 10.9 Å². The van der Waals surface area contributed by atoms with Crippen LogP contribution in [0.4, 0.5) is 17.3 Å². The molecule has 1 aliphatic heterocycles. The molecule has 1 aliphatic rings. The Morgan fingerprint density at radius 1 is 1.19 bits per heavy atom. The van der Waals surface area contributed by atoms with Crippen molar-refractivity contribution in [2.24, 2.45) is 5.73 Å². The second kappa shape index (κ2) is 7.55. The fraction of sp³-hybridized carbons (Fsp3) is 0.263. The average molecular weight is 364 g/mol. The predicted molar refractivity (Wildman–Crippen MR) is 103 cm³/mol. The van der Waals surface area contributed by atoms with Gasteiger partial charge in [0.25, 0.3) is 5.91 Å². The highest BCUT2D eigenvalue weighted by molar-refractivity contribution is 5.96. The molecule has 1 amide bonds. The number of nitrogens with zero attached hydrogens (tertiary/aromatic N) is 3. The molecule has 27 heavy (non-hydrogen) atoms. The van der Waals surface area contributed by atoms with Gasteiger partial charge in [0.1, 0.15) is 5.82 Å². The molecule has 1 fully saturated rings. The summed E-state index contributed by atoms with van der Waals surface area (Å²) in [6.45, 7) is 1.45. The summed E-state index contributed by atoms with van der Waals surface area (Å²) < 4.78 is 5.37. The van der Waals surface area contributed by atoms with Crippen LogP contribution in [0.1, 0.15) is 23.3 Å². The summed E-state index contributed by atoms with van der Waals surface area (Å²) in [6, 6.07) is 9.83. The zero-order chi connectivity index (χ0) is 18.6. The molecule has 0 unspecified atom stereocenters. The lowest BCUT2D eigenvalue weighted by Crippen LogP contribution is -2.28. The molecule has 4 rings (SSSR count). The van der Waals surface area contributed by atoms with E-state index in [1.165, 1.54) is 6.20 Å². The van der Waals surface area contributed by atoms with E-state index in [1.54, 1.807) is 6.20 Å². The number of nitrogens with two attached hydrogens (primary N) is 1. The van der Waals surface area contributed by atoms with Crippen molar-refractivity contribution in [3.8, 4) is 0 Å². The standard InChI is InChI=1S/C19H20N6O2/c20-18(26)17-19(24-14-3-4-15-12(10-14)2-1-7-21-15)25-16(11-22-17)23-13-5-8-27-9-6-13/h1-4,7,10-11,13H,5-6,8-9H2,(H2,20,26)(H2,23,24,25). The minimum atomic E-state index is -0.634. The number of primary amides is 1. The molecule has 3 aromatic rings. The van der Waals surface area contributed by atoms with Gasteiger partial charge in [0.15, 0.2) is 11.5 Å². The molecular formula is C19H20N6O2. The number of rotatable bonds is 5. The smallest absolute Gasteiger partial charge is 0.271 e. The van der Waals surface area contributed by atoms with Gasteiger partial charge in [-0.25, -0.2) is 9.97 Å². The highest BCUT2D eigenvalue weighted by Gasteiger charge is 2.17. The van der Waals surface area contributed by atoms with Crippen molar-refractivity contribution in [2.75, 3.05) is 23.8 Å². The lowest BCUT2D eigenvalue weighted by atomic mass is 10.1. The Morgan fingerprint density at radius 2 is 2.04 bits per heavy atom. The third kappa shape index (κ3) is 3.95. The highest BCUT2D eigenvalue weighted by atomic mass is 16.5. The second-order valence-electron chi connectivity index (χ2n) is 6.38. The molecule has 1 saturated heterocycles. The monoisotopic (exact) mass is 364 g/mol. The van der Waals surface area contributed by atoms with Gasteiger partial charge >= 0.3 is 0 Å². The van der Waals surface area contributed by atoms with Crippen molar-refractivity contribution < 1.29 is 9.53 Å². The number of aromatic nitrogens is 3. The first-order chi connectivity index (χ1) is 13.2. The molecule has 0 radical (unpaired) electrons. The second-order valence-corrected chi connectivity index (χ2v) is 6.38. The first-order valence-electron chi connectivity index (χ1n) is 8.82. The topological polar surface area (TPSA) is 115 Å². The molecule has 4 N–H and O–H groups in total. The van der Waals surface area contributed by atoms with E-state index in [4.69, 9.17) is 10.5 Å². The van der Waals surface area contributed by atoms with E-state index in [2.05, 4.69) is 25.6 Å². The van der Waals surface area contributed by atoms with Crippen molar-refractivity contribution >= 4 is 34.1 Å². The van der Waals surface area contributed by atoms with E-state index in [1.807, 2.05) is 30.3 Å². The molecule has 1 aromatic carbocycles. The van der Waals surface area contributed by atoms with Gasteiger partial charge in [0, 0.05) is 36.5 Å². The molecule has 0 aliphatic carbocycles. The summed E-state index contributed by atoms with van der Waals surface area (Å²) >= 11 is 0. The lowest BCUT2D eigenvalue weighted by Gasteiger charge is -2.23. The van der Waals surface area contributed by atoms with Crippen LogP contribution in [0.15, 0.2) is 42.7 Å². The number of benzene rings is 1. The maximum atomic E-state index is 11.8. The SMILES string of the molecule is NC(=O)c1ncc(NC2CCOCC2)nc1Nc1ccc2ncccc2c1. The van der Waals surface area contributed by atoms with Gasteiger partial charge in [-0.3, -0.25) is 9.78 Å². The number of carbonyl (C=O) groups excluding carboxylic acids is 1. The summed E-state index contributed by atoms with van der Waals surface area (Å²) in [5, 5.41) is 7.48. The zero-order valence-corrected chi connectivity index (χ0v) is 14.7. The quantitative estimate of drug-likeness (QED) is 0.637. The van der Waals surface area contributed by atoms with E-state index < -0.39 is 5.91 Å². The number of fused-ring (bicyclic) bond motifs is 1. The average Bonchev–Trinajstić information content (AvgIpc) is 2.69. The molecule has 0 spiro atoms. The third-order valence-corrected chi connectivity index (χ3v) is 4.44. The van der Waals surface area contributed by atoms with Gasteiger partial charge in [-0.15, -0.1) is 0 Å². The maximum absolute atomic E-state index is 11.8. The number of hydrogen-bond acceptors (Lipinski definition) is 7. The van der Waals surface area contributed by atoms with Gasteiger partial charge in [-0.2, -0.15) is 0 Å². The van der Waals surface area contributed by atoms with Gasteiger partial charge in [0.2, 0.25) is 0 Å². The lowest BCUT2D eigenvalue weighted by molar-refractivity contribution is 0.0904. The van der Waals surface area contributed by atoms with Crippen LogP contribution in [0, 0.1) is 0 Å². The van der Waals surface area contributed by atoms with Crippen LogP contribution >= 0.6 is 0 Å². The summed E-state index contributed by atoms with van der Waals surface area (Å²) in [4.78, 5) is 24.8. The van der Waals surface area contributed by atoms with Crippen molar-refractivity contribution in [1.29, 1.82) is 0 Å². The Morgan fingerprint density at radius 3 is 2.85 bits per heavy atom. The van der Waals surface area contributed by atoms with E-state index >= 15 is 0 Å². The van der Waals surface area contributed by atoms with Gasteiger partial charge in [-0.05, 0) is 37.1 Å². The molecule has 138 valence electrons. The Kier molecular flexibility index (Phi) is 4.80. The third-order valence-electron chi connectivity index (χ3n) is 4.44. The molecular weight excluding hydrogens is 344 g/mol. The first-order valence-corrected chi connectivity index (χ1v) is 8.82. The van der Waals surface area contributed by atoms with E-state index in [0.717, 1.165) is 42.6 Å². The number of ether oxygens (including phenoxy) is 1. The highest BCUT2D eigenvalue weighted by Crippen LogP contribution is 2.23. The van der Waals surface area contributed by atoms with E-state index in [9.17, 15) is 4.79 Å². The summed E-state index contributed by atoms with van der Waals surface area (Å²) in [7, 11) is 0. The van der Waals surface area contributed by atoms with Crippen LogP contribution in [0.3, 0.4) is 0 Å². The maximum Gasteiger partial charge on any atom is 0.271 e. The molecule has 8 heteroatoms. The van der Waals surface area contributed by atoms with Gasteiger partial charge in [-0.1, -0.05) is 6.07 Å². The van der Waals surface area contributed by atoms with Crippen molar-refractivity contribution in [1.82, 2.24) is 15.0 Å². The Hall–Kier alpha value is -3.26. The Balaban J connectivity index is 1.61. The molecule has 2 aromatic heterocycles. The van der Waals surface area contributed by atoms with Crippen LogP contribution in [0.5, 0.6) is 0 Å². The molecule has 0 bridgehead atoms. The fourth-order valence-corrected chi connectivity index (χ4v) is 3.07. The minimum Gasteiger partial charge on any atom is -0.381 e. The Bertz CT molecular complexity index is 971. The first kappa shape index (κ1) is 17.2. The fourth-order valence-electron chi connectivity index (χ4n) is 3.07. The minimum absolute atomic E-state index is 0.0961. The van der Waals surface area contributed by atoms with E-state index in [0.29, 0.717) is 11.6 Å². The van der Waals surface area contributed by atoms with Crippen LogP contribution in [-0.2, 0) is 4.74 Å². The van der Waals surface area contributed by atoms with Crippen LogP contribution in [0.2, 0.25) is 0 Å². The molecule has 3 heterocycles. The number of carbonyl (C=O) groups is 1. The zero-order valence-electron chi connectivity index (χ0n) is 14.7. The Labute approximate surface area is 156 Å². The van der Waals surface area contributed by atoms with Gasteiger partial charge in [0.05, 0.1) is 11.7 Å². The number of pyridine rings is 1. The normalized spacial score (nSPS) is 14.8. The largest absolute Gasteiger partial charge is 0.381 e. The summed E-state index contributed by atoms with van der Waals surface area (Å²) in [6.07, 6.45) is 5.09. The number of hydrogen-bond donors (Lipinski definition) is 3. The molecule has 8 nitrogen and oxygen atoms in total. The van der Waals surface area contributed by atoms with E-state index in [-0.39, 0.29) is 11.7 Å². The van der Waals surface area contributed by atoms with Gasteiger partial charge < -0.3 is 21.1 Å².